The molecule has 1 aromatic heterocycles. The number of aryl methyl sites for hydroxylation is 1. The monoisotopic (exact) mass is 410 g/mol. The Labute approximate surface area is 159 Å². The molecule has 0 radical (unpaired) electrons. The molecule has 28 heavy (non-hydrogen) atoms. The van der Waals surface area contributed by atoms with E-state index in [1.165, 1.54) is 24.3 Å². The number of hydrogen-bond donors (Lipinski definition) is 2. The zero-order chi connectivity index (χ0) is 20.5. The van der Waals surface area contributed by atoms with Crippen LogP contribution >= 0.6 is 0 Å². The zero-order valence-corrected chi connectivity index (χ0v) is 15.6. The van der Waals surface area contributed by atoms with Crippen LogP contribution in [0.25, 0.3) is 22.4 Å². The van der Waals surface area contributed by atoms with Crippen LogP contribution in [0.2, 0.25) is 0 Å². The van der Waals surface area contributed by atoms with Gasteiger partial charge in [0.1, 0.15) is 0 Å². The van der Waals surface area contributed by atoms with Crippen LogP contribution in [0.15, 0.2) is 53.4 Å². The van der Waals surface area contributed by atoms with Crippen molar-refractivity contribution in [3.05, 3.63) is 59.8 Å². The van der Waals surface area contributed by atoms with E-state index in [1.54, 1.807) is 31.2 Å². The fourth-order valence-electron chi connectivity index (χ4n) is 2.90. The molecule has 0 aliphatic rings. The number of aliphatic hydroxyl groups excluding tert-OH is 1. The van der Waals surface area contributed by atoms with Gasteiger partial charge in [0.15, 0.2) is 15.5 Å². The maximum Gasteiger partial charge on any atom is 0.435 e. The number of halogens is 3. The van der Waals surface area contributed by atoms with Gasteiger partial charge >= 0.3 is 6.18 Å². The minimum absolute atomic E-state index is 0.0158. The molecule has 0 saturated heterocycles. The van der Waals surface area contributed by atoms with Crippen molar-refractivity contribution in [1.29, 1.82) is 0 Å². The van der Waals surface area contributed by atoms with Crippen molar-refractivity contribution in [1.82, 2.24) is 10.2 Å². The second-order valence-electron chi connectivity index (χ2n) is 6.26. The Kier molecular flexibility index (Phi) is 5.31. The molecule has 0 unspecified atom stereocenters. The second kappa shape index (κ2) is 7.40. The van der Waals surface area contributed by atoms with Crippen LogP contribution in [0.3, 0.4) is 0 Å². The van der Waals surface area contributed by atoms with Crippen LogP contribution in [0.1, 0.15) is 11.3 Å². The number of sulfone groups is 1. The van der Waals surface area contributed by atoms with E-state index in [2.05, 4.69) is 10.2 Å². The Bertz CT molecular complexity index is 1090. The summed E-state index contributed by atoms with van der Waals surface area (Å²) in [6.45, 7) is 1.26. The summed E-state index contributed by atoms with van der Waals surface area (Å²) in [5.41, 5.74) is 0.523. The van der Waals surface area contributed by atoms with Gasteiger partial charge < -0.3 is 5.11 Å². The van der Waals surface area contributed by atoms with Crippen LogP contribution < -0.4 is 0 Å². The number of aliphatic hydroxyl groups is 1. The Morgan fingerprint density at radius 2 is 1.75 bits per heavy atom. The highest BCUT2D eigenvalue weighted by Gasteiger charge is 2.38. The summed E-state index contributed by atoms with van der Waals surface area (Å²) in [6.07, 6.45) is -4.65. The molecule has 0 atom stereocenters. The van der Waals surface area contributed by atoms with Crippen LogP contribution in [0.5, 0.6) is 0 Å². The molecule has 0 aliphatic heterocycles. The van der Waals surface area contributed by atoms with Crippen LogP contribution in [-0.4, -0.2) is 36.1 Å². The molecule has 1 heterocycles. The average molecular weight is 410 g/mol. The van der Waals surface area contributed by atoms with Gasteiger partial charge in [-0.3, -0.25) is 5.10 Å². The van der Waals surface area contributed by atoms with E-state index in [0.717, 1.165) is 5.56 Å². The van der Waals surface area contributed by atoms with Crippen molar-refractivity contribution in [2.75, 3.05) is 12.4 Å². The van der Waals surface area contributed by atoms with Gasteiger partial charge in [-0.15, -0.1) is 0 Å². The van der Waals surface area contributed by atoms with Gasteiger partial charge in [-0.1, -0.05) is 42.0 Å². The number of nitrogens with one attached hydrogen (secondary N) is 1. The predicted octanol–water partition coefficient (Wildman–Crippen LogP) is 3.84. The highest BCUT2D eigenvalue weighted by molar-refractivity contribution is 7.91. The van der Waals surface area contributed by atoms with E-state index < -0.39 is 34.1 Å². The van der Waals surface area contributed by atoms with Crippen LogP contribution in [0.4, 0.5) is 13.2 Å². The molecule has 9 heteroatoms. The summed E-state index contributed by atoms with van der Waals surface area (Å²) in [5.74, 6) is -0.427. The summed E-state index contributed by atoms with van der Waals surface area (Å²) in [5, 5.41) is 14.8. The maximum atomic E-state index is 13.5. The largest absolute Gasteiger partial charge is 0.435 e. The SMILES string of the molecule is Cc1cccc(-c2c(C(F)(F)F)n[nH]c2-c2ccc(S(=O)(=O)CCO)cc2)c1. The average Bonchev–Trinajstić information content (AvgIpc) is 3.07. The second-order valence-corrected chi connectivity index (χ2v) is 8.37. The summed E-state index contributed by atoms with van der Waals surface area (Å²) in [4.78, 5) is -0.0158. The van der Waals surface area contributed by atoms with Crippen molar-refractivity contribution in [3.8, 4) is 22.4 Å². The summed E-state index contributed by atoms with van der Waals surface area (Å²) in [6, 6.07) is 12.1. The lowest BCUT2D eigenvalue weighted by Gasteiger charge is -2.10. The summed E-state index contributed by atoms with van der Waals surface area (Å²) in [7, 11) is -3.65. The van der Waals surface area contributed by atoms with Crippen molar-refractivity contribution < 1.29 is 26.7 Å². The van der Waals surface area contributed by atoms with E-state index in [4.69, 9.17) is 5.11 Å². The molecule has 0 amide bonds. The van der Waals surface area contributed by atoms with Crippen molar-refractivity contribution in [2.24, 2.45) is 0 Å². The van der Waals surface area contributed by atoms with Gasteiger partial charge in [0.25, 0.3) is 0 Å². The number of benzene rings is 2. The van der Waals surface area contributed by atoms with Crippen molar-refractivity contribution >= 4 is 9.84 Å². The molecule has 2 aromatic carbocycles. The fourth-order valence-corrected chi connectivity index (χ4v) is 3.93. The molecule has 0 spiro atoms. The molecule has 3 rings (SSSR count). The first kappa shape index (κ1) is 20.1. The zero-order valence-electron chi connectivity index (χ0n) is 14.8. The molecule has 3 aromatic rings. The third-order valence-corrected chi connectivity index (χ3v) is 5.91. The third-order valence-electron chi connectivity index (χ3n) is 4.20. The van der Waals surface area contributed by atoms with Gasteiger partial charge in [0.05, 0.1) is 22.9 Å². The number of hydrogen-bond acceptors (Lipinski definition) is 4. The number of aromatic amines is 1. The minimum atomic E-state index is -4.65. The number of H-pyrrole nitrogens is 1. The number of alkyl halides is 3. The van der Waals surface area contributed by atoms with Crippen LogP contribution in [0, 0.1) is 6.92 Å². The molecule has 148 valence electrons. The number of nitrogens with zero attached hydrogens (tertiary/aromatic N) is 1. The summed E-state index contributed by atoms with van der Waals surface area (Å²) < 4.78 is 64.5. The van der Waals surface area contributed by atoms with Crippen molar-refractivity contribution in [2.45, 2.75) is 18.0 Å². The lowest BCUT2D eigenvalue weighted by atomic mass is 9.97. The molecule has 0 saturated carbocycles. The van der Waals surface area contributed by atoms with E-state index >= 15 is 0 Å². The molecule has 0 bridgehead atoms. The van der Waals surface area contributed by atoms with Gasteiger partial charge in [-0.05, 0) is 24.6 Å². The van der Waals surface area contributed by atoms with E-state index in [-0.39, 0.29) is 16.2 Å². The molecule has 0 aliphatic carbocycles. The fraction of sp³-hybridized carbons (Fsp3) is 0.211. The van der Waals surface area contributed by atoms with Gasteiger partial charge in [-0.25, -0.2) is 8.42 Å². The molecule has 5 nitrogen and oxygen atoms in total. The molecular formula is C19H17F3N2O3S. The standard InChI is InChI=1S/C19H17F3N2O3S/c1-12-3-2-4-14(11-12)16-17(23-24-18(16)19(20,21)22)13-5-7-15(8-6-13)28(26,27)10-9-25/h2-8,11,25H,9-10H2,1H3,(H,23,24). The van der Waals surface area contributed by atoms with E-state index in [9.17, 15) is 21.6 Å². The lowest BCUT2D eigenvalue weighted by molar-refractivity contribution is -0.140. The Balaban J connectivity index is 2.14. The predicted molar refractivity (Wildman–Crippen MR) is 98.3 cm³/mol. The molecule has 2 N–H and O–H groups in total. The Morgan fingerprint density at radius 3 is 2.32 bits per heavy atom. The Hall–Kier alpha value is -2.65. The Morgan fingerprint density at radius 1 is 1.07 bits per heavy atom. The highest BCUT2D eigenvalue weighted by atomic mass is 32.2. The smallest absolute Gasteiger partial charge is 0.395 e. The quantitative estimate of drug-likeness (QED) is 0.670. The van der Waals surface area contributed by atoms with Gasteiger partial charge in [0.2, 0.25) is 0 Å². The first-order valence-corrected chi connectivity index (χ1v) is 9.95. The van der Waals surface area contributed by atoms with Gasteiger partial charge in [0, 0.05) is 11.1 Å². The maximum absolute atomic E-state index is 13.5. The minimum Gasteiger partial charge on any atom is -0.395 e. The number of rotatable bonds is 5. The normalized spacial score (nSPS) is 12.3. The first-order chi connectivity index (χ1) is 13.1. The topological polar surface area (TPSA) is 83.0 Å². The van der Waals surface area contributed by atoms with E-state index in [1.807, 2.05) is 0 Å². The van der Waals surface area contributed by atoms with Crippen molar-refractivity contribution in [3.63, 3.8) is 0 Å². The van der Waals surface area contributed by atoms with E-state index in [0.29, 0.717) is 11.1 Å². The lowest BCUT2D eigenvalue weighted by Crippen LogP contribution is -2.09. The first-order valence-electron chi connectivity index (χ1n) is 8.30. The van der Waals surface area contributed by atoms with Gasteiger partial charge in [-0.2, -0.15) is 18.3 Å². The third kappa shape index (κ3) is 3.95. The number of aromatic nitrogens is 2. The van der Waals surface area contributed by atoms with Crippen LogP contribution in [-0.2, 0) is 16.0 Å². The summed E-state index contributed by atoms with van der Waals surface area (Å²) >= 11 is 0. The molecular weight excluding hydrogens is 393 g/mol. The highest BCUT2D eigenvalue weighted by Crippen LogP contribution is 2.41. The molecule has 0 fully saturated rings.